The van der Waals surface area contributed by atoms with Crippen LogP contribution in [0.4, 0.5) is 5.82 Å². The van der Waals surface area contributed by atoms with Gasteiger partial charge in [0.2, 0.25) is 0 Å². The molecule has 0 unspecified atom stereocenters. The molecule has 0 N–H and O–H groups in total. The van der Waals surface area contributed by atoms with E-state index in [1.807, 2.05) is 36.4 Å². The van der Waals surface area contributed by atoms with Crippen molar-refractivity contribution in [2.24, 2.45) is 0 Å². The number of nitro groups is 1. The lowest BCUT2D eigenvalue weighted by atomic mass is 10.1. The van der Waals surface area contributed by atoms with E-state index in [9.17, 15) is 10.1 Å². The van der Waals surface area contributed by atoms with Crippen LogP contribution in [0.15, 0.2) is 42.5 Å². The van der Waals surface area contributed by atoms with Crippen LogP contribution < -0.4 is 0 Å². The molecule has 1 heterocycles. The van der Waals surface area contributed by atoms with Crippen LogP contribution in [0.2, 0.25) is 0 Å². The summed E-state index contributed by atoms with van der Waals surface area (Å²) in [5.41, 5.74) is 1.47. The van der Waals surface area contributed by atoms with Gasteiger partial charge in [-0.3, -0.25) is 0 Å². The topological polar surface area (TPSA) is 79.8 Å². The number of nitrogens with zero attached hydrogens (tertiary/aromatic N) is 3. The van der Waals surface area contributed by atoms with E-state index in [0.717, 1.165) is 5.56 Å². The Balaban J connectivity index is 2.59. The average molecular weight is 225 g/mol. The summed E-state index contributed by atoms with van der Waals surface area (Å²) in [4.78, 5) is 13.7. The summed E-state index contributed by atoms with van der Waals surface area (Å²) in [6.07, 6.45) is 0. The molecule has 2 rings (SSSR count). The fraction of sp³-hybridized carbons (Fsp3) is 0. The van der Waals surface area contributed by atoms with Gasteiger partial charge in [0.1, 0.15) is 6.07 Å². The molecule has 0 saturated carbocycles. The number of hydrogen-bond donors (Lipinski definition) is 0. The zero-order valence-electron chi connectivity index (χ0n) is 8.70. The fourth-order valence-electron chi connectivity index (χ4n) is 1.46. The Kier molecular flexibility index (Phi) is 2.79. The Morgan fingerprint density at radius 2 is 1.88 bits per heavy atom. The largest absolute Gasteiger partial charge is 0.365 e. The van der Waals surface area contributed by atoms with Crippen molar-refractivity contribution in [3.63, 3.8) is 0 Å². The first-order valence-electron chi connectivity index (χ1n) is 4.82. The summed E-state index contributed by atoms with van der Waals surface area (Å²) < 4.78 is 0. The molecule has 5 nitrogen and oxygen atoms in total. The molecule has 0 aliphatic heterocycles. The highest BCUT2D eigenvalue weighted by Gasteiger charge is 2.13. The third kappa shape index (κ3) is 2.26. The van der Waals surface area contributed by atoms with Gasteiger partial charge in [-0.1, -0.05) is 30.3 Å². The van der Waals surface area contributed by atoms with E-state index in [-0.39, 0.29) is 11.5 Å². The molecule has 1 aromatic heterocycles. The molecular weight excluding hydrogens is 218 g/mol. The maximum atomic E-state index is 10.7. The number of hydrogen-bond acceptors (Lipinski definition) is 4. The molecule has 2 aromatic rings. The second kappa shape index (κ2) is 4.41. The molecular formula is C12H7N3O2. The monoisotopic (exact) mass is 225 g/mol. The van der Waals surface area contributed by atoms with Gasteiger partial charge in [0.15, 0.2) is 0 Å². The Labute approximate surface area is 97.1 Å². The Hall–Kier alpha value is -2.74. The Morgan fingerprint density at radius 1 is 1.18 bits per heavy atom. The van der Waals surface area contributed by atoms with Gasteiger partial charge < -0.3 is 10.1 Å². The highest BCUT2D eigenvalue weighted by Crippen LogP contribution is 2.23. The highest BCUT2D eigenvalue weighted by molar-refractivity contribution is 5.66. The van der Waals surface area contributed by atoms with Gasteiger partial charge in [0.05, 0.1) is 0 Å². The van der Waals surface area contributed by atoms with Crippen LogP contribution in [0.5, 0.6) is 0 Å². The average Bonchev–Trinajstić information content (AvgIpc) is 2.39. The number of pyridine rings is 1. The molecule has 1 aromatic carbocycles. The van der Waals surface area contributed by atoms with Crippen LogP contribution in [0, 0.1) is 21.4 Å². The van der Waals surface area contributed by atoms with Crippen LogP contribution in [0.25, 0.3) is 11.1 Å². The van der Waals surface area contributed by atoms with Gasteiger partial charge in [0.25, 0.3) is 5.69 Å². The van der Waals surface area contributed by atoms with Crippen molar-refractivity contribution in [2.75, 3.05) is 0 Å². The van der Waals surface area contributed by atoms with Crippen molar-refractivity contribution < 1.29 is 4.92 Å². The first-order chi connectivity index (χ1) is 8.20. The van der Waals surface area contributed by atoms with Crippen LogP contribution in [0.1, 0.15) is 5.69 Å². The number of aromatic nitrogens is 1. The van der Waals surface area contributed by atoms with E-state index in [1.54, 1.807) is 0 Å². The molecule has 5 heteroatoms. The van der Waals surface area contributed by atoms with Crippen molar-refractivity contribution in [1.29, 1.82) is 5.26 Å². The zero-order chi connectivity index (χ0) is 12.3. The molecule has 0 spiro atoms. The van der Waals surface area contributed by atoms with Gasteiger partial charge in [0, 0.05) is 12.1 Å². The Morgan fingerprint density at radius 3 is 2.47 bits per heavy atom. The SMILES string of the molecule is N#Cc1cc(-c2ccccc2)cc([N+](=O)[O-])n1. The smallest absolute Gasteiger partial charge is 0.358 e. The molecule has 0 radical (unpaired) electrons. The lowest BCUT2D eigenvalue weighted by molar-refractivity contribution is -0.389. The minimum absolute atomic E-state index is 0.0399. The molecule has 0 saturated heterocycles. The van der Waals surface area contributed by atoms with Crippen molar-refractivity contribution in [1.82, 2.24) is 4.98 Å². The molecule has 0 aliphatic rings. The Bertz CT molecular complexity index is 603. The molecule has 0 bridgehead atoms. The van der Waals surface area contributed by atoms with E-state index in [2.05, 4.69) is 4.98 Å². The molecule has 0 aliphatic carbocycles. The second-order valence-corrected chi connectivity index (χ2v) is 3.33. The summed E-state index contributed by atoms with van der Waals surface area (Å²) in [7, 11) is 0. The first-order valence-corrected chi connectivity index (χ1v) is 4.82. The first kappa shape index (κ1) is 10.8. The second-order valence-electron chi connectivity index (χ2n) is 3.33. The number of benzene rings is 1. The normalized spacial score (nSPS) is 9.59. The van der Waals surface area contributed by atoms with E-state index >= 15 is 0 Å². The third-order valence-electron chi connectivity index (χ3n) is 2.22. The van der Waals surface area contributed by atoms with Gasteiger partial charge in [-0.05, 0) is 21.0 Å². The highest BCUT2D eigenvalue weighted by atomic mass is 16.6. The van der Waals surface area contributed by atoms with E-state index in [0.29, 0.717) is 5.56 Å². The van der Waals surface area contributed by atoms with E-state index in [4.69, 9.17) is 5.26 Å². The number of rotatable bonds is 2. The molecule has 0 fully saturated rings. The minimum Gasteiger partial charge on any atom is -0.358 e. The van der Waals surface area contributed by atoms with Crippen LogP contribution in [-0.2, 0) is 0 Å². The quantitative estimate of drug-likeness (QED) is 0.581. The van der Waals surface area contributed by atoms with Crippen LogP contribution in [-0.4, -0.2) is 9.91 Å². The van der Waals surface area contributed by atoms with Gasteiger partial charge >= 0.3 is 5.82 Å². The summed E-state index contributed by atoms with van der Waals surface area (Å²) in [5.74, 6) is -0.317. The molecule has 82 valence electrons. The predicted octanol–water partition coefficient (Wildman–Crippen LogP) is 2.53. The maximum Gasteiger partial charge on any atom is 0.365 e. The van der Waals surface area contributed by atoms with Crippen molar-refractivity contribution in [2.45, 2.75) is 0 Å². The van der Waals surface area contributed by atoms with Gasteiger partial charge in [-0.15, -0.1) is 0 Å². The van der Waals surface area contributed by atoms with Crippen molar-refractivity contribution in [3.8, 4) is 17.2 Å². The lowest BCUT2D eigenvalue weighted by Crippen LogP contribution is -1.95. The van der Waals surface area contributed by atoms with Crippen LogP contribution >= 0.6 is 0 Å². The van der Waals surface area contributed by atoms with Gasteiger partial charge in [-0.25, -0.2) is 0 Å². The zero-order valence-corrected chi connectivity index (χ0v) is 8.70. The minimum atomic E-state index is -0.604. The van der Waals surface area contributed by atoms with Crippen LogP contribution in [0.3, 0.4) is 0 Å². The van der Waals surface area contributed by atoms with Gasteiger partial charge in [-0.2, -0.15) is 5.26 Å². The summed E-state index contributed by atoms with van der Waals surface area (Å²) in [6, 6.07) is 13.8. The third-order valence-corrected chi connectivity index (χ3v) is 2.22. The summed E-state index contributed by atoms with van der Waals surface area (Å²) in [5, 5.41) is 19.5. The predicted molar refractivity (Wildman–Crippen MR) is 61.0 cm³/mol. The molecule has 0 amide bonds. The fourth-order valence-corrected chi connectivity index (χ4v) is 1.46. The summed E-state index contributed by atoms with van der Waals surface area (Å²) >= 11 is 0. The van der Waals surface area contributed by atoms with Crippen molar-refractivity contribution >= 4 is 5.82 Å². The van der Waals surface area contributed by atoms with E-state index in [1.165, 1.54) is 12.1 Å². The van der Waals surface area contributed by atoms with E-state index < -0.39 is 4.92 Å². The lowest BCUT2D eigenvalue weighted by Gasteiger charge is -2.00. The summed E-state index contributed by atoms with van der Waals surface area (Å²) in [6.45, 7) is 0. The van der Waals surface area contributed by atoms with Crippen molar-refractivity contribution in [3.05, 3.63) is 58.3 Å². The molecule has 17 heavy (non-hydrogen) atoms. The maximum absolute atomic E-state index is 10.7. The standard InChI is InChI=1S/C12H7N3O2/c13-8-11-6-10(7-12(14-11)15(16)17)9-4-2-1-3-5-9/h1-7H. The molecule has 0 atom stereocenters. The number of nitriles is 1.